The summed E-state index contributed by atoms with van der Waals surface area (Å²) >= 11 is 0. The molecule has 2 aromatic heterocycles. The number of fused-ring (bicyclic) bond motifs is 1. The Hall–Kier alpha value is -3.55. The number of carbonyl (C=O) groups is 1. The number of aryl methyl sites for hydroxylation is 1. The van der Waals surface area contributed by atoms with Gasteiger partial charge in [-0.15, -0.1) is 0 Å². The Kier molecular flexibility index (Phi) is 5.31. The number of hydrogen-bond donors (Lipinski definition) is 0. The van der Waals surface area contributed by atoms with Crippen molar-refractivity contribution in [2.24, 2.45) is 0 Å². The number of benzene rings is 2. The van der Waals surface area contributed by atoms with Gasteiger partial charge in [-0.2, -0.15) is 4.98 Å². The first kappa shape index (κ1) is 19.8. The van der Waals surface area contributed by atoms with E-state index in [1.807, 2.05) is 13.8 Å². The molecule has 30 heavy (non-hydrogen) atoms. The fourth-order valence-corrected chi connectivity index (χ4v) is 3.02. The minimum atomic E-state index is -0.515. The largest absolute Gasteiger partial charge is 0.462 e. The topological polar surface area (TPSA) is 91.2 Å². The van der Waals surface area contributed by atoms with Crippen molar-refractivity contribution in [3.63, 3.8) is 0 Å². The highest BCUT2D eigenvalue weighted by molar-refractivity contribution is 5.99. The van der Waals surface area contributed by atoms with Crippen LogP contribution in [0.5, 0.6) is 0 Å². The summed E-state index contributed by atoms with van der Waals surface area (Å²) in [5.74, 6) is 0.706. The van der Waals surface area contributed by atoms with Gasteiger partial charge in [-0.1, -0.05) is 31.1 Å². The van der Waals surface area contributed by atoms with Gasteiger partial charge in [-0.25, -0.2) is 14.2 Å². The van der Waals surface area contributed by atoms with E-state index in [4.69, 9.17) is 13.7 Å². The molecule has 0 radical (unpaired) electrons. The van der Waals surface area contributed by atoms with Crippen molar-refractivity contribution in [3.05, 3.63) is 65.4 Å². The highest BCUT2D eigenvalue weighted by Crippen LogP contribution is 2.32. The Labute approximate surface area is 171 Å². The summed E-state index contributed by atoms with van der Waals surface area (Å²) in [5, 5.41) is 3.70. The molecule has 0 aliphatic carbocycles. The van der Waals surface area contributed by atoms with Gasteiger partial charge in [0.25, 0.3) is 0 Å². The van der Waals surface area contributed by atoms with E-state index in [0.29, 0.717) is 46.3 Å². The van der Waals surface area contributed by atoms with Crippen molar-refractivity contribution in [1.29, 1.82) is 0 Å². The Balaban J connectivity index is 1.65. The molecule has 0 fully saturated rings. The lowest BCUT2D eigenvalue weighted by atomic mass is 10.0. The van der Waals surface area contributed by atoms with Crippen molar-refractivity contribution >= 4 is 17.1 Å². The van der Waals surface area contributed by atoms with Crippen LogP contribution < -0.4 is 0 Å². The third-order valence-electron chi connectivity index (χ3n) is 4.52. The van der Waals surface area contributed by atoms with Gasteiger partial charge >= 0.3 is 5.97 Å². The van der Waals surface area contributed by atoms with Crippen LogP contribution in [0.25, 0.3) is 22.2 Å². The van der Waals surface area contributed by atoms with Crippen molar-refractivity contribution in [3.8, 4) is 11.1 Å². The molecule has 2 heterocycles. The number of nitrogens with zero attached hydrogens (tertiary/aromatic N) is 3. The number of oxazole rings is 1. The van der Waals surface area contributed by atoms with Crippen molar-refractivity contribution in [1.82, 2.24) is 15.1 Å². The average Bonchev–Trinajstić information content (AvgIpc) is 3.34. The van der Waals surface area contributed by atoms with Crippen LogP contribution in [0.15, 0.2) is 45.3 Å². The summed E-state index contributed by atoms with van der Waals surface area (Å²) in [7, 11) is 0. The molecule has 0 N–H and O–H groups in total. The summed E-state index contributed by atoms with van der Waals surface area (Å²) in [6, 6.07) is 9.30. The van der Waals surface area contributed by atoms with Gasteiger partial charge < -0.3 is 13.7 Å². The molecule has 7 nitrogen and oxygen atoms in total. The zero-order valence-corrected chi connectivity index (χ0v) is 16.8. The first-order valence-corrected chi connectivity index (χ1v) is 9.57. The maximum absolute atomic E-state index is 13.4. The minimum absolute atomic E-state index is 0.0757. The van der Waals surface area contributed by atoms with E-state index in [-0.39, 0.29) is 18.3 Å². The highest BCUT2D eigenvalue weighted by atomic mass is 19.1. The fourth-order valence-electron chi connectivity index (χ4n) is 3.02. The second kappa shape index (κ2) is 8.06. The van der Waals surface area contributed by atoms with Crippen LogP contribution in [0.2, 0.25) is 0 Å². The molecule has 0 saturated carbocycles. The molecule has 0 unspecified atom stereocenters. The van der Waals surface area contributed by atoms with E-state index in [1.54, 1.807) is 31.2 Å². The Morgan fingerprint density at radius 1 is 1.17 bits per heavy atom. The first-order chi connectivity index (χ1) is 14.4. The minimum Gasteiger partial charge on any atom is -0.462 e. The molecule has 0 aliphatic rings. The number of rotatable bonds is 6. The summed E-state index contributed by atoms with van der Waals surface area (Å²) in [6.45, 7) is 5.75. The second-order valence-corrected chi connectivity index (χ2v) is 7.21. The predicted molar refractivity (Wildman–Crippen MR) is 107 cm³/mol. The van der Waals surface area contributed by atoms with Crippen LogP contribution in [0, 0.1) is 12.7 Å². The normalized spacial score (nSPS) is 11.4. The van der Waals surface area contributed by atoms with Crippen LogP contribution in [0.4, 0.5) is 4.39 Å². The second-order valence-electron chi connectivity index (χ2n) is 7.21. The Bertz CT molecular complexity index is 1200. The number of carbonyl (C=O) groups excluding carboxylic acids is 1. The zero-order chi connectivity index (χ0) is 21.3. The van der Waals surface area contributed by atoms with Gasteiger partial charge in [-0.3, -0.25) is 0 Å². The lowest BCUT2D eigenvalue weighted by molar-refractivity contribution is 0.0502. The summed E-state index contributed by atoms with van der Waals surface area (Å²) in [6.07, 6.45) is 0.319. The smallest absolute Gasteiger partial charge is 0.338 e. The maximum Gasteiger partial charge on any atom is 0.338 e. The molecule has 2 aromatic carbocycles. The third-order valence-corrected chi connectivity index (χ3v) is 4.52. The van der Waals surface area contributed by atoms with Crippen LogP contribution in [-0.4, -0.2) is 27.7 Å². The van der Waals surface area contributed by atoms with Gasteiger partial charge in [0.15, 0.2) is 17.3 Å². The zero-order valence-electron chi connectivity index (χ0n) is 16.8. The molecule has 0 bridgehead atoms. The maximum atomic E-state index is 13.4. The van der Waals surface area contributed by atoms with Gasteiger partial charge in [-0.05, 0) is 36.8 Å². The van der Waals surface area contributed by atoms with E-state index in [9.17, 15) is 9.18 Å². The molecule has 4 aromatic rings. The van der Waals surface area contributed by atoms with Crippen molar-refractivity contribution in [2.45, 2.75) is 33.1 Å². The summed E-state index contributed by atoms with van der Waals surface area (Å²) in [4.78, 5) is 21.3. The monoisotopic (exact) mass is 409 g/mol. The quantitative estimate of drug-likeness (QED) is 0.420. The van der Waals surface area contributed by atoms with Gasteiger partial charge in [0.05, 0.1) is 12.0 Å². The first-order valence-electron chi connectivity index (χ1n) is 9.57. The summed E-state index contributed by atoms with van der Waals surface area (Å²) < 4.78 is 29.6. The molecule has 0 saturated heterocycles. The van der Waals surface area contributed by atoms with E-state index in [1.165, 1.54) is 12.1 Å². The number of halogens is 1. The fraction of sp³-hybridized carbons (Fsp3) is 0.273. The van der Waals surface area contributed by atoms with Crippen LogP contribution >= 0.6 is 0 Å². The Morgan fingerprint density at radius 2 is 1.93 bits per heavy atom. The number of esters is 1. The molecule has 0 spiro atoms. The molecule has 154 valence electrons. The standard InChI is InChI=1S/C22H20FN3O4/c1-12(2)21-25-20-17(14-4-6-16(23)7-5-14)10-15(11-18(20)29-21)22(27)28-9-8-19-24-13(3)26-30-19/h4-7,10-12H,8-9H2,1-3H3. The van der Waals surface area contributed by atoms with Gasteiger partial charge in [0.2, 0.25) is 5.89 Å². The van der Waals surface area contributed by atoms with E-state index < -0.39 is 5.97 Å². The van der Waals surface area contributed by atoms with Crippen LogP contribution in [0.3, 0.4) is 0 Å². The summed E-state index contributed by atoms with van der Waals surface area (Å²) in [5.41, 5.74) is 2.79. The van der Waals surface area contributed by atoms with E-state index in [2.05, 4.69) is 15.1 Å². The Morgan fingerprint density at radius 3 is 2.60 bits per heavy atom. The SMILES string of the molecule is Cc1noc(CCOC(=O)c2cc(-c3ccc(F)cc3)c3nc(C(C)C)oc3c2)n1. The molecule has 0 amide bonds. The van der Waals surface area contributed by atoms with Gasteiger partial charge in [0, 0.05) is 11.5 Å². The number of ether oxygens (including phenoxy) is 1. The van der Waals surface area contributed by atoms with Crippen molar-refractivity contribution in [2.75, 3.05) is 6.61 Å². The predicted octanol–water partition coefficient (Wildman–Crippen LogP) is 4.85. The molecular formula is C22H20FN3O4. The number of hydrogen-bond acceptors (Lipinski definition) is 7. The van der Waals surface area contributed by atoms with E-state index in [0.717, 1.165) is 5.56 Å². The van der Waals surface area contributed by atoms with Crippen LogP contribution in [0.1, 0.15) is 47.7 Å². The molecular weight excluding hydrogens is 389 g/mol. The molecule has 0 aliphatic heterocycles. The van der Waals surface area contributed by atoms with Gasteiger partial charge in [0.1, 0.15) is 17.9 Å². The highest BCUT2D eigenvalue weighted by Gasteiger charge is 2.19. The number of aromatic nitrogens is 3. The van der Waals surface area contributed by atoms with Crippen LogP contribution in [-0.2, 0) is 11.2 Å². The van der Waals surface area contributed by atoms with Crippen molar-refractivity contribution < 1.29 is 22.9 Å². The van der Waals surface area contributed by atoms with E-state index >= 15 is 0 Å². The average molecular weight is 409 g/mol. The molecule has 8 heteroatoms. The molecule has 0 atom stereocenters. The lowest BCUT2D eigenvalue weighted by Gasteiger charge is -2.07. The molecule has 4 rings (SSSR count). The third kappa shape index (κ3) is 4.07. The lowest BCUT2D eigenvalue weighted by Crippen LogP contribution is -2.08.